The fraction of sp³-hybridized carbons (Fsp3) is 0.750. The summed E-state index contributed by atoms with van der Waals surface area (Å²) in [4.78, 5) is 51.0. The Hall–Kier alpha value is -2.20. The van der Waals surface area contributed by atoms with E-state index in [9.17, 15) is 29.4 Å². The van der Waals surface area contributed by atoms with Crippen molar-refractivity contribution >= 4 is 23.7 Å². The smallest absolute Gasteiger partial charge is 0.326 e. The number of likely N-dealkylation sites (tertiary alicyclic amines) is 2. The van der Waals surface area contributed by atoms with Crippen LogP contribution in [0, 0.1) is 0 Å². The molecule has 0 radical (unpaired) electrons. The summed E-state index contributed by atoms with van der Waals surface area (Å²) >= 11 is 0. The van der Waals surface area contributed by atoms with Gasteiger partial charge in [0, 0.05) is 13.1 Å². The van der Waals surface area contributed by atoms with E-state index < -0.39 is 42.0 Å². The maximum atomic E-state index is 12.7. The lowest BCUT2D eigenvalue weighted by Gasteiger charge is -2.30. The van der Waals surface area contributed by atoms with Gasteiger partial charge in [-0.2, -0.15) is 0 Å². The number of carboxylic acid groups (broad SMARTS) is 1. The van der Waals surface area contributed by atoms with Crippen molar-refractivity contribution in [2.45, 2.75) is 56.8 Å². The number of nitrogens with zero attached hydrogens (tertiary/aromatic N) is 2. The van der Waals surface area contributed by atoms with Gasteiger partial charge in [-0.1, -0.05) is 0 Å². The predicted molar refractivity (Wildman–Crippen MR) is 89.8 cm³/mol. The number of hydrogen-bond acceptors (Lipinski definition) is 6. The van der Waals surface area contributed by atoms with Crippen LogP contribution in [0.1, 0.15) is 32.6 Å². The van der Waals surface area contributed by atoms with Crippen LogP contribution < -0.4 is 11.1 Å². The first-order chi connectivity index (χ1) is 12.3. The van der Waals surface area contributed by atoms with Crippen LogP contribution in [-0.2, 0) is 19.2 Å². The molecule has 146 valence electrons. The lowest BCUT2D eigenvalue weighted by molar-refractivity contribution is -0.151. The molecule has 0 aromatic heterocycles. The summed E-state index contributed by atoms with van der Waals surface area (Å²) in [5.74, 6) is -2.64. The highest BCUT2D eigenvalue weighted by Gasteiger charge is 2.41. The van der Waals surface area contributed by atoms with Crippen LogP contribution in [0.2, 0.25) is 0 Å². The van der Waals surface area contributed by atoms with E-state index in [4.69, 9.17) is 5.73 Å². The number of rotatable bonds is 6. The first-order valence-corrected chi connectivity index (χ1v) is 8.79. The number of hydrogen-bond donors (Lipinski definition) is 4. The van der Waals surface area contributed by atoms with Crippen molar-refractivity contribution in [3.8, 4) is 0 Å². The maximum absolute atomic E-state index is 12.7. The van der Waals surface area contributed by atoms with Crippen LogP contribution in [0.4, 0.5) is 0 Å². The SMILES string of the molecule is C[C@@H](O)[C@H](NC(=O)[C@@H]1CCCN1C(=O)CN)C(=O)N1CCC[C@H]1C(=O)O. The Balaban J connectivity index is 2.10. The van der Waals surface area contributed by atoms with Gasteiger partial charge in [0.15, 0.2) is 0 Å². The Morgan fingerprint density at radius 2 is 1.69 bits per heavy atom. The van der Waals surface area contributed by atoms with E-state index in [0.29, 0.717) is 32.2 Å². The zero-order valence-electron chi connectivity index (χ0n) is 14.8. The molecule has 0 saturated carbocycles. The van der Waals surface area contributed by atoms with Crippen LogP contribution in [0.5, 0.6) is 0 Å². The molecule has 4 atom stereocenters. The number of aliphatic carboxylic acids is 1. The fourth-order valence-electron chi connectivity index (χ4n) is 3.56. The highest BCUT2D eigenvalue weighted by Crippen LogP contribution is 2.21. The minimum absolute atomic E-state index is 0.212. The van der Waals surface area contributed by atoms with Gasteiger partial charge in [0.1, 0.15) is 18.1 Å². The Bertz CT molecular complexity index is 581. The van der Waals surface area contributed by atoms with Crippen LogP contribution in [-0.4, -0.2) is 87.6 Å². The number of aliphatic hydroxyl groups is 1. The summed E-state index contributed by atoms with van der Waals surface area (Å²) in [5, 5.41) is 21.7. The van der Waals surface area contributed by atoms with Crippen molar-refractivity contribution in [1.82, 2.24) is 15.1 Å². The average molecular weight is 370 g/mol. The zero-order valence-corrected chi connectivity index (χ0v) is 14.8. The summed E-state index contributed by atoms with van der Waals surface area (Å²) in [6.45, 7) is 1.81. The van der Waals surface area contributed by atoms with Crippen LogP contribution in [0.25, 0.3) is 0 Å². The first-order valence-electron chi connectivity index (χ1n) is 8.79. The number of nitrogens with two attached hydrogens (primary N) is 1. The monoisotopic (exact) mass is 370 g/mol. The van der Waals surface area contributed by atoms with Gasteiger partial charge in [-0.15, -0.1) is 0 Å². The number of carbonyl (C=O) groups is 4. The Morgan fingerprint density at radius 3 is 2.23 bits per heavy atom. The highest BCUT2D eigenvalue weighted by atomic mass is 16.4. The number of carbonyl (C=O) groups excluding carboxylic acids is 3. The predicted octanol–water partition coefficient (Wildman–Crippen LogP) is -2.12. The third-order valence-corrected chi connectivity index (χ3v) is 4.92. The molecule has 3 amide bonds. The van der Waals surface area contributed by atoms with Crippen molar-refractivity contribution in [2.24, 2.45) is 5.73 Å². The summed E-state index contributed by atoms with van der Waals surface area (Å²) in [5.41, 5.74) is 5.36. The van der Waals surface area contributed by atoms with Gasteiger partial charge in [0.25, 0.3) is 0 Å². The quantitative estimate of drug-likeness (QED) is 0.417. The number of amides is 3. The molecule has 10 heteroatoms. The molecule has 5 N–H and O–H groups in total. The molecular weight excluding hydrogens is 344 g/mol. The van der Waals surface area contributed by atoms with Gasteiger partial charge in [0.05, 0.1) is 12.6 Å². The summed E-state index contributed by atoms with van der Waals surface area (Å²) < 4.78 is 0. The molecule has 10 nitrogen and oxygen atoms in total. The summed E-state index contributed by atoms with van der Waals surface area (Å²) in [6, 6.07) is -2.96. The molecular formula is C16H26N4O6. The average Bonchev–Trinajstić information content (AvgIpc) is 3.26. The molecule has 0 aromatic rings. The molecule has 0 aliphatic carbocycles. The van der Waals surface area contributed by atoms with Crippen molar-refractivity contribution in [2.75, 3.05) is 19.6 Å². The number of carboxylic acids is 1. The van der Waals surface area contributed by atoms with Crippen molar-refractivity contribution in [3.63, 3.8) is 0 Å². The second-order valence-electron chi connectivity index (χ2n) is 6.70. The molecule has 2 saturated heterocycles. The van der Waals surface area contributed by atoms with Crippen LogP contribution in [0.3, 0.4) is 0 Å². The second kappa shape index (κ2) is 8.45. The summed E-state index contributed by atoms with van der Waals surface area (Å²) in [6.07, 6.45) is 0.763. The molecule has 26 heavy (non-hydrogen) atoms. The standard InChI is InChI=1S/C16H26N4O6/c1-9(21)13(15(24)20-7-3-5-11(20)16(25)26)18-14(23)10-4-2-6-19(10)12(22)8-17/h9-11,13,21H,2-8,17H2,1H3,(H,18,23)(H,25,26)/t9-,10+,11+,13+/m1/s1. The molecule has 0 aromatic carbocycles. The second-order valence-corrected chi connectivity index (χ2v) is 6.70. The molecule has 2 aliphatic heterocycles. The largest absolute Gasteiger partial charge is 0.480 e. The molecule has 2 fully saturated rings. The molecule has 2 rings (SSSR count). The van der Waals surface area contributed by atoms with E-state index >= 15 is 0 Å². The van der Waals surface area contributed by atoms with Crippen LogP contribution >= 0.6 is 0 Å². The third-order valence-electron chi connectivity index (χ3n) is 4.92. The molecule has 2 heterocycles. The van der Waals surface area contributed by atoms with Gasteiger partial charge >= 0.3 is 5.97 Å². The lowest BCUT2D eigenvalue weighted by Crippen LogP contribution is -2.59. The molecule has 0 spiro atoms. The minimum atomic E-state index is -1.27. The zero-order chi connectivity index (χ0) is 19.4. The fourth-order valence-corrected chi connectivity index (χ4v) is 3.56. The van der Waals surface area contributed by atoms with Gasteiger partial charge in [0.2, 0.25) is 17.7 Å². The molecule has 0 unspecified atom stereocenters. The Labute approximate surface area is 151 Å². The summed E-state index contributed by atoms with van der Waals surface area (Å²) in [7, 11) is 0. The third kappa shape index (κ3) is 4.13. The van der Waals surface area contributed by atoms with E-state index in [1.165, 1.54) is 16.7 Å². The number of nitrogens with one attached hydrogen (secondary N) is 1. The minimum Gasteiger partial charge on any atom is -0.480 e. The molecule has 2 aliphatic rings. The molecule has 0 bridgehead atoms. The maximum Gasteiger partial charge on any atom is 0.326 e. The van der Waals surface area contributed by atoms with Crippen molar-refractivity contribution in [3.05, 3.63) is 0 Å². The van der Waals surface area contributed by atoms with Gasteiger partial charge < -0.3 is 31.1 Å². The van der Waals surface area contributed by atoms with E-state index in [1.807, 2.05) is 0 Å². The lowest BCUT2D eigenvalue weighted by atomic mass is 10.1. The van der Waals surface area contributed by atoms with Gasteiger partial charge in [-0.25, -0.2) is 4.79 Å². The van der Waals surface area contributed by atoms with Crippen molar-refractivity contribution in [1.29, 1.82) is 0 Å². The van der Waals surface area contributed by atoms with Crippen LogP contribution in [0.15, 0.2) is 0 Å². The van der Waals surface area contributed by atoms with Gasteiger partial charge in [-0.05, 0) is 32.6 Å². The van der Waals surface area contributed by atoms with E-state index in [2.05, 4.69) is 5.32 Å². The highest BCUT2D eigenvalue weighted by molar-refractivity contribution is 5.94. The van der Waals surface area contributed by atoms with E-state index in [1.54, 1.807) is 0 Å². The first kappa shape index (κ1) is 20.1. The Morgan fingerprint density at radius 1 is 1.12 bits per heavy atom. The van der Waals surface area contributed by atoms with Crippen molar-refractivity contribution < 1.29 is 29.4 Å². The Kier molecular flexibility index (Phi) is 6.54. The number of aliphatic hydroxyl groups excluding tert-OH is 1. The van der Waals surface area contributed by atoms with Gasteiger partial charge in [-0.3, -0.25) is 14.4 Å². The topological polar surface area (TPSA) is 153 Å². The van der Waals surface area contributed by atoms with E-state index in [-0.39, 0.29) is 19.0 Å². The van der Waals surface area contributed by atoms with E-state index in [0.717, 1.165) is 0 Å². The normalized spacial score (nSPS) is 25.0.